The molecule has 2 amide bonds. The highest BCUT2D eigenvalue weighted by Gasteiger charge is 2.29. The van der Waals surface area contributed by atoms with Gasteiger partial charge in [-0.25, -0.2) is 4.79 Å². The summed E-state index contributed by atoms with van der Waals surface area (Å²) in [6.07, 6.45) is -0.849. The first-order valence-electron chi connectivity index (χ1n) is 10.1. The zero-order valence-electron chi connectivity index (χ0n) is 17.4. The fourth-order valence-corrected chi connectivity index (χ4v) is 3.80. The molecule has 0 saturated heterocycles. The zero-order chi connectivity index (χ0) is 22.7. The van der Waals surface area contributed by atoms with Crippen molar-refractivity contribution in [2.24, 2.45) is 0 Å². The average Bonchev–Trinajstić information content (AvgIpc) is 3.38. The number of H-pyrrole nitrogens is 1. The standard InChI is InChI=1S/C23H22N4O5/c1-27(11-10-21(28)29)22(30)19-12-20(26-25-19)24-23(31)32-13-18-16-8-4-2-6-14(16)15-7-3-5-9-17(15)18/h2-9,12,18H,10-11,13H2,1H3,(H,28,29)(H2,24,25,26,31). The smallest absolute Gasteiger partial charge is 0.412 e. The normalized spacial score (nSPS) is 12.0. The Hall–Kier alpha value is -4.14. The second-order valence-electron chi connectivity index (χ2n) is 7.49. The van der Waals surface area contributed by atoms with Crippen molar-refractivity contribution in [1.29, 1.82) is 0 Å². The van der Waals surface area contributed by atoms with Gasteiger partial charge in [-0.2, -0.15) is 5.10 Å². The molecule has 0 spiro atoms. The van der Waals surface area contributed by atoms with E-state index >= 15 is 0 Å². The minimum absolute atomic E-state index is 0.0579. The second-order valence-corrected chi connectivity index (χ2v) is 7.49. The molecule has 164 valence electrons. The Morgan fingerprint density at radius 1 is 1.09 bits per heavy atom. The van der Waals surface area contributed by atoms with Crippen LogP contribution in [0.25, 0.3) is 11.1 Å². The molecule has 9 heteroatoms. The molecule has 9 nitrogen and oxygen atoms in total. The minimum atomic E-state index is -0.994. The summed E-state index contributed by atoms with van der Waals surface area (Å²) < 4.78 is 5.46. The number of carboxylic acids is 1. The first-order valence-corrected chi connectivity index (χ1v) is 10.1. The maximum Gasteiger partial charge on any atom is 0.412 e. The number of amides is 2. The average molecular weight is 434 g/mol. The Balaban J connectivity index is 1.36. The lowest BCUT2D eigenvalue weighted by Crippen LogP contribution is -2.29. The van der Waals surface area contributed by atoms with Crippen LogP contribution in [0.15, 0.2) is 54.6 Å². The molecular formula is C23H22N4O5. The van der Waals surface area contributed by atoms with Crippen molar-refractivity contribution in [3.63, 3.8) is 0 Å². The van der Waals surface area contributed by atoms with Crippen LogP contribution in [0.3, 0.4) is 0 Å². The zero-order valence-corrected chi connectivity index (χ0v) is 17.4. The number of benzene rings is 2. The SMILES string of the molecule is CN(CCC(=O)O)C(=O)c1cc(NC(=O)OCC2c3ccccc3-c3ccccc32)n[nH]1. The summed E-state index contributed by atoms with van der Waals surface area (Å²) in [7, 11) is 1.49. The van der Waals surface area contributed by atoms with Gasteiger partial charge in [0.25, 0.3) is 5.91 Å². The van der Waals surface area contributed by atoms with Crippen molar-refractivity contribution in [3.8, 4) is 11.1 Å². The van der Waals surface area contributed by atoms with Gasteiger partial charge in [0.15, 0.2) is 5.82 Å². The van der Waals surface area contributed by atoms with Crippen molar-refractivity contribution in [2.75, 3.05) is 25.5 Å². The lowest BCUT2D eigenvalue weighted by Gasteiger charge is -2.14. The summed E-state index contributed by atoms with van der Waals surface area (Å²) in [5.41, 5.74) is 4.63. The first kappa shape index (κ1) is 21.1. The van der Waals surface area contributed by atoms with Gasteiger partial charge < -0.3 is 14.7 Å². The van der Waals surface area contributed by atoms with Gasteiger partial charge in [0, 0.05) is 25.6 Å². The highest BCUT2D eigenvalue weighted by Crippen LogP contribution is 2.44. The van der Waals surface area contributed by atoms with Crippen LogP contribution in [0.2, 0.25) is 0 Å². The molecule has 1 aliphatic carbocycles. The number of fused-ring (bicyclic) bond motifs is 3. The van der Waals surface area contributed by atoms with E-state index in [0.29, 0.717) is 0 Å². The largest absolute Gasteiger partial charge is 0.481 e. The minimum Gasteiger partial charge on any atom is -0.481 e. The summed E-state index contributed by atoms with van der Waals surface area (Å²) in [6, 6.07) is 17.5. The molecule has 32 heavy (non-hydrogen) atoms. The molecule has 0 radical (unpaired) electrons. The van der Waals surface area contributed by atoms with E-state index < -0.39 is 18.0 Å². The molecule has 0 unspecified atom stereocenters. The van der Waals surface area contributed by atoms with E-state index in [9.17, 15) is 14.4 Å². The van der Waals surface area contributed by atoms with Crippen LogP contribution >= 0.6 is 0 Å². The Kier molecular flexibility index (Phi) is 5.89. The van der Waals surface area contributed by atoms with E-state index in [-0.39, 0.29) is 37.0 Å². The number of carboxylic acid groups (broad SMARTS) is 1. The van der Waals surface area contributed by atoms with Gasteiger partial charge in [-0.15, -0.1) is 0 Å². The molecular weight excluding hydrogens is 412 g/mol. The van der Waals surface area contributed by atoms with Crippen molar-refractivity contribution >= 4 is 23.8 Å². The van der Waals surface area contributed by atoms with Crippen LogP contribution in [0, 0.1) is 0 Å². The predicted molar refractivity (Wildman–Crippen MR) is 116 cm³/mol. The van der Waals surface area contributed by atoms with E-state index in [1.54, 1.807) is 0 Å². The molecule has 3 N–H and O–H groups in total. The van der Waals surface area contributed by atoms with Gasteiger partial charge in [-0.1, -0.05) is 48.5 Å². The first-order chi connectivity index (χ1) is 15.4. The molecule has 4 rings (SSSR count). The fraction of sp³-hybridized carbons (Fsp3) is 0.217. The summed E-state index contributed by atoms with van der Waals surface area (Å²) in [6.45, 7) is 0.219. The molecule has 0 atom stereocenters. The molecule has 2 aromatic carbocycles. The quantitative estimate of drug-likeness (QED) is 0.524. The van der Waals surface area contributed by atoms with E-state index in [0.717, 1.165) is 22.3 Å². The van der Waals surface area contributed by atoms with Crippen molar-refractivity contribution in [2.45, 2.75) is 12.3 Å². The number of hydrogen-bond acceptors (Lipinski definition) is 5. The van der Waals surface area contributed by atoms with E-state index in [1.807, 2.05) is 36.4 Å². The van der Waals surface area contributed by atoms with Crippen LogP contribution < -0.4 is 5.32 Å². The number of anilines is 1. The number of hydrogen-bond donors (Lipinski definition) is 3. The van der Waals surface area contributed by atoms with Gasteiger partial charge in [-0.05, 0) is 22.3 Å². The van der Waals surface area contributed by atoms with Gasteiger partial charge >= 0.3 is 12.1 Å². The van der Waals surface area contributed by atoms with Gasteiger partial charge in [0.05, 0.1) is 6.42 Å². The predicted octanol–water partition coefficient (Wildman–Crippen LogP) is 3.32. The van der Waals surface area contributed by atoms with E-state index in [2.05, 4.69) is 27.6 Å². The van der Waals surface area contributed by atoms with Crippen molar-refractivity contribution in [1.82, 2.24) is 15.1 Å². The number of carbonyl (C=O) groups is 3. The van der Waals surface area contributed by atoms with Gasteiger partial charge in [0.2, 0.25) is 0 Å². The van der Waals surface area contributed by atoms with Crippen molar-refractivity contribution in [3.05, 3.63) is 71.4 Å². The summed E-state index contributed by atoms with van der Waals surface area (Å²) in [4.78, 5) is 36.6. The highest BCUT2D eigenvalue weighted by molar-refractivity contribution is 5.94. The van der Waals surface area contributed by atoms with Crippen LogP contribution in [-0.2, 0) is 9.53 Å². The monoisotopic (exact) mass is 434 g/mol. The van der Waals surface area contributed by atoms with Gasteiger partial charge in [-0.3, -0.25) is 20.0 Å². The molecule has 1 aliphatic rings. The molecule has 0 bridgehead atoms. The Bertz CT molecular complexity index is 1130. The van der Waals surface area contributed by atoms with Crippen molar-refractivity contribution < 1.29 is 24.2 Å². The summed E-state index contributed by atoms with van der Waals surface area (Å²) in [5.74, 6) is -1.35. The fourth-order valence-electron chi connectivity index (χ4n) is 3.80. The maximum atomic E-state index is 12.3. The third kappa shape index (κ3) is 4.31. The third-order valence-electron chi connectivity index (χ3n) is 5.39. The molecule has 1 aromatic heterocycles. The van der Waals surface area contributed by atoms with Crippen LogP contribution in [0.5, 0.6) is 0 Å². The van der Waals surface area contributed by atoms with Crippen LogP contribution in [0.1, 0.15) is 34.0 Å². The second kappa shape index (κ2) is 8.93. The van der Waals surface area contributed by atoms with E-state index in [1.165, 1.54) is 18.0 Å². The molecule has 3 aromatic rings. The topological polar surface area (TPSA) is 125 Å². The number of aliphatic carboxylic acids is 1. The Morgan fingerprint density at radius 3 is 2.34 bits per heavy atom. The van der Waals surface area contributed by atoms with Crippen LogP contribution in [-0.4, -0.2) is 58.4 Å². The molecule has 0 fully saturated rings. The van der Waals surface area contributed by atoms with Crippen LogP contribution in [0.4, 0.5) is 10.6 Å². The lowest BCUT2D eigenvalue weighted by molar-refractivity contribution is -0.137. The number of rotatable bonds is 7. The van der Waals surface area contributed by atoms with Gasteiger partial charge in [0.1, 0.15) is 12.3 Å². The third-order valence-corrected chi connectivity index (χ3v) is 5.39. The molecule has 0 aliphatic heterocycles. The maximum absolute atomic E-state index is 12.3. The number of nitrogens with zero attached hydrogens (tertiary/aromatic N) is 2. The lowest BCUT2D eigenvalue weighted by atomic mass is 9.98. The molecule has 1 heterocycles. The summed E-state index contributed by atoms with van der Waals surface area (Å²) >= 11 is 0. The highest BCUT2D eigenvalue weighted by atomic mass is 16.5. The summed E-state index contributed by atoms with van der Waals surface area (Å²) in [5, 5.41) is 17.7. The number of ether oxygens (including phenoxy) is 1. The number of carbonyl (C=O) groups excluding carboxylic acids is 2. The Labute approximate surface area is 184 Å². The number of nitrogens with one attached hydrogen (secondary N) is 2. The molecule has 0 saturated carbocycles. The Morgan fingerprint density at radius 2 is 1.72 bits per heavy atom. The number of aromatic nitrogens is 2. The number of aromatic amines is 1. The van der Waals surface area contributed by atoms with E-state index in [4.69, 9.17) is 9.84 Å².